The molecule has 1 aromatic rings. The minimum Gasteiger partial charge on any atom is -0.327 e. The third-order valence-electron chi connectivity index (χ3n) is 3.66. The van der Waals surface area contributed by atoms with Crippen molar-refractivity contribution in [1.29, 1.82) is 0 Å². The predicted molar refractivity (Wildman–Crippen MR) is 86.1 cm³/mol. The van der Waals surface area contributed by atoms with E-state index in [0.29, 0.717) is 10.0 Å². The number of hydrogen-bond acceptors (Lipinski definition) is 1. The fraction of sp³-hybridized carbons (Fsp3) is 0.625. The number of nitrogens with two attached hydrogens (primary N) is 1. The normalized spacial score (nSPS) is 14.4. The van der Waals surface area contributed by atoms with Crippen molar-refractivity contribution in [2.75, 3.05) is 0 Å². The van der Waals surface area contributed by atoms with Crippen LogP contribution < -0.4 is 5.73 Å². The molecule has 0 aliphatic heterocycles. The van der Waals surface area contributed by atoms with Crippen molar-refractivity contribution in [2.24, 2.45) is 11.7 Å². The zero-order chi connectivity index (χ0) is 14.3. The van der Waals surface area contributed by atoms with Crippen LogP contribution in [0.15, 0.2) is 18.2 Å². The van der Waals surface area contributed by atoms with E-state index in [0.717, 1.165) is 18.8 Å². The van der Waals surface area contributed by atoms with Crippen LogP contribution in [-0.4, -0.2) is 6.04 Å². The number of unbranched alkanes of at least 4 members (excludes halogenated alkanes) is 1. The zero-order valence-corrected chi connectivity index (χ0v) is 13.5. The molecular formula is C16H25Cl2N. The number of benzene rings is 1. The van der Waals surface area contributed by atoms with Gasteiger partial charge in [-0.05, 0) is 36.5 Å². The van der Waals surface area contributed by atoms with E-state index >= 15 is 0 Å². The highest BCUT2D eigenvalue weighted by Gasteiger charge is 2.12. The Morgan fingerprint density at radius 3 is 2.47 bits per heavy atom. The minimum atomic E-state index is 0.207. The lowest BCUT2D eigenvalue weighted by atomic mass is 9.90. The first-order chi connectivity index (χ1) is 9.06. The van der Waals surface area contributed by atoms with Crippen LogP contribution in [0.1, 0.15) is 51.5 Å². The first-order valence-corrected chi connectivity index (χ1v) is 8.01. The van der Waals surface area contributed by atoms with Gasteiger partial charge in [0.15, 0.2) is 0 Å². The SMILES string of the molecule is CCCCC(CC)CC(N)Cc1ccc(Cl)c(Cl)c1. The maximum atomic E-state index is 6.27. The average Bonchev–Trinajstić information content (AvgIpc) is 2.38. The van der Waals surface area contributed by atoms with E-state index in [4.69, 9.17) is 28.9 Å². The molecule has 2 atom stereocenters. The first-order valence-electron chi connectivity index (χ1n) is 7.26. The summed E-state index contributed by atoms with van der Waals surface area (Å²) in [6.07, 6.45) is 7.05. The van der Waals surface area contributed by atoms with Crippen molar-refractivity contribution in [3.8, 4) is 0 Å². The third-order valence-corrected chi connectivity index (χ3v) is 4.40. The molecule has 0 saturated heterocycles. The Labute approximate surface area is 127 Å². The largest absolute Gasteiger partial charge is 0.327 e. The molecule has 0 spiro atoms. The number of rotatable bonds is 8. The zero-order valence-electron chi connectivity index (χ0n) is 12.0. The highest BCUT2D eigenvalue weighted by atomic mass is 35.5. The van der Waals surface area contributed by atoms with Crippen LogP contribution in [0.2, 0.25) is 10.0 Å². The lowest BCUT2D eigenvalue weighted by Crippen LogP contribution is -2.26. The van der Waals surface area contributed by atoms with E-state index in [9.17, 15) is 0 Å². The summed E-state index contributed by atoms with van der Waals surface area (Å²) in [6.45, 7) is 4.49. The minimum absolute atomic E-state index is 0.207. The standard InChI is InChI=1S/C16H25Cl2N/c1-3-5-6-12(4-2)9-14(19)10-13-7-8-15(17)16(18)11-13/h7-8,11-12,14H,3-6,9-10,19H2,1-2H3. The molecule has 2 N–H and O–H groups in total. The van der Waals surface area contributed by atoms with Crippen LogP contribution in [0.3, 0.4) is 0 Å². The average molecular weight is 302 g/mol. The molecule has 2 unspecified atom stereocenters. The molecule has 1 nitrogen and oxygen atoms in total. The summed E-state index contributed by atoms with van der Waals surface area (Å²) in [5.74, 6) is 0.748. The first kappa shape index (κ1) is 16.8. The van der Waals surface area contributed by atoms with Crippen LogP contribution in [0.5, 0.6) is 0 Å². The summed E-state index contributed by atoms with van der Waals surface area (Å²) in [7, 11) is 0. The Hall–Kier alpha value is -0.240. The Morgan fingerprint density at radius 1 is 1.16 bits per heavy atom. The molecule has 0 amide bonds. The molecule has 19 heavy (non-hydrogen) atoms. The quantitative estimate of drug-likeness (QED) is 0.677. The van der Waals surface area contributed by atoms with Crippen molar-refractivity contribution in [2.45, 2.75) is 58.4 Å². The molecule has 1 rings (SSSR count). The Balaban J connectivity index is 2.48. The molecule has 108 valence electrons. The second-order valence-corrected chi connectivity index (χ2v) is 6.18. The molecule has 0 aromatic heterocycles. The van der Waals surface area contributed by atoms with Gasteiger partial charge in [0.1, 0.15) is 0 Å². The molecule has 0 aliphatic carbocycles. The lowest BCUT2D eigenvalue weighted by molar-refractivity contribution is 0.383. The molecule has 0 bridgehead atoms. The van der Waals surface area contributed by atoms with Gasteiger partial charge in [-0.3, -0.25) is 0 Å². The van der Waals surface area contributed by atoms with E-state index in [-0.39, 0.29) is 6.04 Å². The molecule has 0 fully saturated rings. The van der Waals surface area contributed by atoms with E-state index in [1.165, 1.54) is 31.2 Å². The molecule has 0 saturated carbocycles. The third kappa shape index (κ3) is 6.16. The monoisotopic (exact) mass is 301 g/mol. The molecule has 0 aliphatic rings. The van der Waals surface area contributed by atoms with Gasteiger partial charge in [0.25, 0.3) is 0 Å². The van der Waals surface area contributed by atoms with Crippen molar-refractivity contribution < 1.29 is 0 Å². The number of hydrogen-bond donors (Lipinski definition) is 1. The summed E-state index contributed by atoms with van der Waals surface area (Å²) >= 11 is 11.9. The van der Waals surface area contributed by atoms with Gasteiger partial charge in [-0.1, -0.05) is 68.8 Å². The van der Waals surface area contributed by atoms with Crippen molar-refractivity contribution in [1.82, 2.24) is 0 Å². The molecule has 0 radical (unpaired) electrons. The van der Waals surface area contributed by atoms with Crippen LogP contribution in [0, 0.1) is 5.92 Å². The predicted octanol–water partition coefficient (Wildman–Crippen LogP) is 5.47. The topological polar surface area (TPSA) is 26.0 Å². The maximum absolute atomic E-state index is 6.27. The summed E-state index contributed by atoms with van der Waals surface area (Å²) in [6, 6.07) is 6.00. The molecule has 0 heterocycles. The smallest absolute Gasteiger partial charge is 0.0595 e. The molecular weight excluding hydrogens is 277 g/mol. The lowest BCUT2D eigenvalue weighted by Gasteiger charge is -2.19. The summed E-state index contributed by atoms with van der Waals surface area (Å²) in [4.78, 5) is 0. The maximum Gasteiger partial charge on any atom is 0.0595 e. The molecule has 1 aromatic carbocycles. The second kappa shape index (κ2) is 8.84. The van der Waals surface area contributed by atoms with Crippen LogP contribution in [0.25, 0.3) is 0 Å². The molecule has 3 heteroatoms. The van der Waals surface area contributed by atoms with Crippen LogP contribution in [-0.2, 0) is 6.42 Å². The van der Waals surface area contributed by atoms with Gasteiger partial charge in [-0.25, -0.2) is 0 Å². The summed E-state index contributed by atoms with van der Waals surface area (Å²) < 4.78 is 0. The van der Waals surface area contributed by atoms with Crippen LogP contribution >= 0.6 is 23.2 Å². The van der Waals surface area contributed by atoms with Crippen molar-refractivity contribution >= 4 is 23.2 Å². The van der Waals surface area contributed by atoms with Gasteiger partial charge < -0.3 is 5.73 Å². The summed E-state index contributed by atoms with van der Waals surface area (Å²) in [5.41, 5.74) is 7.44. The summed E-state index contributed by atoms with van der Waals surface area (Å²) in [5, 5.41) is 1.22. The van der Waals surface area contributed by atoms with Gasteiger partial charge in [-0.15, -0.1) is 0 Å². The van der Waals surface area contributed by atoms with E-state index in [1.807, 2.05) is 18.2 Å². The fourth-order valence-electron chi connectivity index (χ4n) is 2.46. The highest BCUT2D eigenvalue weighted by molar-refractivity contribution is 6.42. The van der Waals surface area contributed by atoms with Gasteiger partial charge in [-0.2, -0.15) is 0 Å². The Kier molecular flexibility index (Phi) is 7.82. The van der Waals surface area contributed by atoms with Crippen LogP contribution in [0.4, 0.5) is 0 Å². The highest BCUT2D eigenvalue weighted by Crippen LogP contribution is 2.24. The Morgan fingerprint density at radius 2 is 1.89 bits per heavy atom. The fourth-order valence-corrected chi connectivity index (χ4v) is 2.78. The second-order valence-electron chi connectivity index (χ2n) is 5.36. The van der Waals surface area contributed by atoms with E-state index in [1.54, 1.807) is 0 Å². The Bertz CT molecular complexity index is 379. The van der Waals surface area contributed by atoms with Gasteiger partial charge in [0.05, 0.1) is 10.0 Å². The number of halogens is 2. The van der Waals surface area contributed by atoms with Crippen molar-refractivity contribution in [3.05, 3.63) is 33.8 Å². The van der Waals surface area contributed by atoms with Gasteiger partial charge in [0, 0.05) is 6.04 Å². The van der Waals surface area contributed by atoms with E-state index < -0.39 is 0 Å². The van der Waals surface area contributed by atoms with Gasteiger partial charge >= 0.3 is 0 Å². The van der Waals surface area contributed by atoms with Gasteiger partial charge in [0.2, 0.25) is 0 Å². The van der Waals surface area contributed by atoms with Crippen molar-refractivity contribution in [3.63, 3.8) is 0 Å². The van der Waals surface area contributed by atoms with E-state index in [2.05, 4.69) is 13.8 Å².